The summed E-state index contributed by atoms with van der Waals surface area (Å²) in [5.74, 6) is 1.29. The lowest BCUT2D eigenvalue weighted by molar-refractivity contribution is 0.970. The van der Waals surface area contributed by atoms with Crippen LogP contribution in [0.4, 0.5) is 11.9 Å². The van der Waals surface area contributed by atoms with Crippen LogP contribution in [0.1, 0.15) is 0 Å². The SMILES string of the molecule is CN(C)c1nc(N)nc(-c2ccc3cccnc3c2)n1. The first kappa shape index (κ1) is 12.3. The van der Waals surface area contributed by atoms with Crippen LogP contribution >= 0.6 is 0 Å². The van der Waals surface area contributed by atoms with Gasteiger partial charge in [-0.25, -0.2) is 0 Å². The minimum atomic E-state index is 0.208. The average Bonchev–Trinajstić information content (AvgIpc) is 2.46. The zero-order valence-corrected chi connectivity index (χ0v) is 11.3. The number of hydrogen-bond donors (Lipinski definition) is 1. The van der Waals surface area contributed by atoms with Crippen LogP contribution in [0.25, 0.3) is 22.3 Å². The summed E-state index contributed by atoms with van der Waals surface area (Å²) in [5, 5.41) is 1.08. The van der Waals surface area contributed by atoms with Crippen LogP contribution in [0.3, 0.4) is 0 Å². The van der Waals surface area contributed by atoms with Crippen LogP contribution in [0.5, 0.6) is 0 Å². The standard InChI is InChI=1S/C14H14N6/c1-20(2)14-18-12(17-13(15)19-14)10-6-5-9-4-3-7-16-11(9)8-10/h3-8H,1-2H3,(H2,15,17,18,19). The van der Waals surface area contributed by atoms with E-state index in [9.17, 15) is 0 Å². The maximum atomic E-state index is 5.74. The lowest BCUT2D eigenvalue weighted by Gasteiger charge is -2.11. The summed E-state index contributed by atoms with van der Waals surface area (Å²) in [6.07, 6.45) is 1.76. The molecule has 100 valence electrons. The molecule has 0 spiro atoms. The van der Waals surface area contributed by atoms with Gasteiger partial charge in [0.2, 0.25) is 11.9 Å². The molecule has 0 saturated heterocycles. The fourth-order valence-corrected chi connectivity index (χ4v) is 1.92. The van der Waals surface area contributed by atoms with Crippen LogP contribution in [0.15, 0.2) is 36.5 Å². The van der Waals surface area contributed by atoms with Gasteiger partial charge >= 0.3 is 0 Å². The van der Waals surface area contributed by atoms with Crippen LogP contribution < -0.4 is 10.6 Å². The van der Waals surface area contributed by atoms with Crippen LogP contribution in [0, 0.1) is 0 Å². The quantitative estimate of drug-likeness (QED) is 0.761. The first-order valence-electron chi connectivity index (χ1n) is 6.17. The molecule has 0 amide bonds. The Kier molecular flexibility index (Phi) is 2.90. The molecule has 2 aromatic heterocycles. The zero-order chi connectivity index (χ0) is 14.1. The van der Waals surface area contributed by atoms with E-state index in [1.807, 2.05) is 44.4 Å². The fraction of sp³-hybridized carbons (Fsp3) is 0.143. The number of hydrogen-bond acceptors (Lipinski definition) is 6. The summed E-state index contributed by atoms with van der Waals surface area (Å²) >= 11 is 0. The van der Waals surface area contributed by atoms with E-state index in [1.54, 1.807) is 11.1 Å². The van der Waals surface area contributed by atoms with Gasteiger partial charge in [-0.15, -0.1) is 0 Å². The molecule has 0 unspecified atom stereocenters. The smallest absolute Gasteiger partial charge is 0.230 e. The van der Waals surface area contributed by atoms with Gasteiger partial charge in [-0.2, -0.15) is 15.0 Å². The highest BCUT2D eigenvalue weighted by Crippen LogP contribution is 2.22. The molecule has 20 heavy (non-hydrogen) atoms. The Morgan fingerprint density at radius 1 is 1.05 bits per heavy atom. The molecule has 3 rings (SSSR count). The monoisotopic (exact) mass is 266 g/mol. The highest BCUT2D eigenvalue weighted by molar-refractivity contribution is 5.82. The molecule has 0 aliphatic carbocycles. The van der Waals surface area contributed by atoms with E-state index in [2.05, 4.69) is 19.9 Å². The summed E-state index contributed by atoms with van der Waals surface area (Å²) in [6.45, 7) is 0. The van der Waals surface area contributed by atoms with Crippen molar-refractivity contribution in [2.45, 2.75) is 0 Å². The minimum absolute atomic E-state index is 0.208. The molecule has 2 heterocycles. The minimum Gasteiger partial charge on any atom is -0.368 e. The summed E-state index contributed by atoms with van der Waals surface area (Å²) in [4.78, 5) is 18.8. The van der Waals surface area contributed by atoms with Gasteiger partial charge in [-0.1, -0.05) is 18.2 Å². The molecule has 6 heteroatoms. The average molecular weight is 266 g/mol. The summed E-state index contributed by atoms with van der Waals surface area (Å²) in [6, 6.07) is 9.82. The largest absolute Gasteiger partial charge is 0.368 e. The Morgan fingerprint density at radius 2 is 1.90 bits per heavy atom. The van der Waals surface area contributed by atoms with Crippen LogP contribution in [0.2, 0.25) is 0 Å². The van der Waals surface area contributed by atoms with Gasteiger partial charge in [0.05, 0.1) is 5.52 Å². The van der Waals surface area contributed by atoms with Crippen molar-refractivity contribution in [2.75, 3.05) is 24.7 Å². The molecular weight excluding hydrogens is 252 g/mol. The molecule has 0 atom stereocenters. The maximum absolute atomic E-state index is 5.74. The molecule has 6 nitrogen and oxygen atoms in total. The Labute approximate surface area is 116 Å². The molecule has 0 bridgehead atoms. The number of nitrogens with zero attached hydrogens (tertiary/aromatic N) is 5. The van der Waals surface area contributed by atoms with Gasteiger partial charge in [0, 0.05) is 31.2 Å². The number of fused-ring (bicyclic) bond motifs is 1. The Bertz CT molecular complexity index is 768. The van der Waals surface area contributed by atoms with Crippen molar-refractivity contribution in [2.24, 2.45) is 0 Å². The highest BCUT2D eigenvalue weighted by Gasteiger charge is 2.09. The number of pyridine rings is 1. The van der Waals surface area contributed by atoms with Crippen molar-refractivity contribution in [3.8, 4) is 11.4 Å². The third-order valence-electron chi connectivity index (χ3n) is 2.91. The molecule has 1 aromatic carbocycles. The fourth-order valence-electron chi connectivity index (χ4n) is 1.92. The summed E-state index contributed by atoms with van der Waals surface area (Å²) < 4.78 is 0. The van der Waals surface area contributed by atoms with Gasteiger partial charge in [-0.3, -0.25) is 4.98 Å². The second-order valence-corrected chi connectivity index (χ2v) is 4.62. The van der Waals surface area contributed by atoms with Gasteiger partial charge in [-0.05, 0) is 12.1 Å². The number of aromatic nitrogens is 4. The van der Waals surface area contributed by atoms with Crippen LogP contribution in [-0.4, -0.2) is 34.0 Å². The van der Waals surface area contributed by atoms with Crippen LogP contribution in [-0.2, 0) is 0 Å². The Balaban J connectivity index is 2.15. The molecule has 0 fully saturated rings. The number of nitrogens with two attached hydrogens (primary N) is 1. The van der Waals surface area contributed by atoms with Crippen molar-refractivity contribution >= 4 is 22.8 Å². The van der Waals surface area contributed by atoms with Crippen molar-refractivity contribution in [3.63, 3.8) is 0 Å². The molecule has 0 radical (unpaired) electrons. The molecule has 0 saturated carbocycles. The summed E-state index contributed by atoms with van der Waals surface area (Å²) in [7, 11) is 3.72. The molecular formula is C14H14N6. The lowest BCUT2D eigenvalue weighted by Crippen LogP contribution is -2.15. The summed E-state index contributed by atoms with van der Waals surface area (Å²) in [5.41, 5.74) is 7.51. The maximum Gasteiger partial charge on any atom is 0.230 e. The second-order valence-electron chi connectivity index (χ2n) is 4.62. The molecule has 0 aliphatic rings. The van der Waals surface area contributed by atoms with Gasteiger partial charge in [0.15, 0.2) is 5.82 Å². The molecule has 2 N–H and O–H groups in total. The van der Waals surface area contributed by atoms with Crippen molar-refractivity contribution in [1.29, 1.82) is 0 Å². The van der Waals surface area contributed by atoms with Crippen molar-refractivity contribution in [1.82, 2.24) is 19.9 Å². The number of nitrogen functional groups attached to an aromatic ring is 1. The van der Waals surface area contributed by atoms with Crippen molar-refractivity contribution < 1.29 is 0 Å². The predicted molar refractivity (Wildman–Crippen MR) is 79.3 cm³/mol. The number of benzene rings is 1. The second kappa shape index (κ2) is 4.73. The Morgan fingerprint density at radius 3 is 2.70 bits per heavy atom. The van der Waals surface area contributed by atoms with E-state index in [1.165, 1.54) is 0 Å². The zero-order valence-electron chi connectivity index (χ0n) is 11.3. The third kappa shape index (κ3) is 2.23. The Hall–Kier alpha value is -2.76. The lowest BCUT2D eigenvalue weighted by atomic mass is 10.1. The van der Waals surface area contributed by atoms with E-state index in [-0.39, 0.29) is 5.95 Å². The van der Waals surface area contributed by atoms with E-state index >= 15 is 0 Å². The molecule has 0 aliphatic heterocycles. The third-order valence-corrected chi connectivity index (χ3v) is 2.91. The number of rotatable bonds is 2. The first-order chi connectivity index (χ1) is 9.63. The predicted octanol–water partition coefficient (Wildman–Crippen LogP) is 1.73. The van der Waals surface area contributed by atoms with E-state index in [0.29, 0.717) is 11.8 Å². The van der Waals surface area contributed by atoms with E-state index < -0.39 is 0 Å². The van der Waals surface area contributed by atoms with Crippen molar-refractivity contribution in [3.05, 3.63) is 36.5 Å². The van der Waals surface area contributed by atoms with Gasteiger partial charge in [0.1, 0.15) is 0 Å². The highest BCUT2D eigenvalue weighted by atomic mass is 15.3. The molecule has 3 aromatic rings. The van der Waals surface area contributed by atoms with Gasteiger partial charge < -0.3 is 10.6 Å². The van der Waals surface area contributed by atoms with Gasteiger partial charge in [0.25, 0.3) is 0 Å². The van der Waals surface area contributed by atoms with E-state index in [0.717, 1.165) is 16.5 Å². The number of anilines is 2. The normalized spacial score (nSPS) is 10.7. The topological polar surface area (TPSA) is 80.8 Å². The van der Waals surface area contributed by atoms with E-state index in [4.69, 9.17) is 5.73 Å². The first-order valence-corrected chi connectivity index (χ1v) is 6.17.